The molecule has 2 aromatic heterocycles. The molecule has 228 valence electrons. The topological polar surface area (TPSA) is 109 Å². The number of rotatable bonds is 10. The number of nitrogens with zero attached hydrogens (tertiary/aromatic N) is 2. The van der Waals surface area contributed by atoms with Crippen LogP contribution in [-0.2, 0) is 14.3 Å². The normalized spacial score (nSPS) is 14.7. The summed E-state index contributed by atoms with van der Waals surface area (Å²) in [6, 6.07) is 15.2. The van der Waals surface area contributed by atoms with Gasteiger partial charge < -0.3 is 18.6 Å². The van der Waals surface area contributed by atoms with Gasteiger partial charge in [0.15, 0.2) is 4.80 Å². The number of hydrogen-bond donors (Lipinski definition) is 0. The van der Waals surface area contributed by atoms with Crippen molar-refractivity contribution in [3.63, 3.8) is 0 Å². The number of halogens is 1. The molecule has 0 fully saturated rings. The molecule has 0 bridgehead atoms. The first-order valence-corrected chi connectivity index (χ1v) is 15.8. The maximum Gasteiger partial charge on any atom is 0.338 e. The van der Waals surface area contributed by atoms with E-state index >= 15 is 0 Å². The lowest BCUT2D eigenvalue weighted by Crippen LogP contribution is -2.39. The summed E-state index contributed by atoms with van der Waals surface area (Å²) in [4.78, 5) is 44.3. The number of thiazole rings is 1. The van der Waals surface area contributed by atoms with Gasteiger partial charge >= 0.3 is 11.9 Å². The van der Waals surface area contributed by atoms with Crippen molar-refractivity contribution in [3.05, 3.63) is 107 Å². The fourth-order valence-corrected chi connectivity index (χ4v) is 6.42. The van der Waals surface area contributed by atoms with Gasteiger partial charge in [-0.1, -0.05) is 42.9 Å². The Morgan fingerprint density at radius 1 is 1.07 bits per heavy atom. The molecule has 0 saturated carbocycles. The lowest BCUT2D eigenvalue weighted by molar-refractivity contribution is -0.139. The van der Waals surface area contributed by atoms with Gasteiger partial charge in [-0.3, -0.25) is 9.36 Å². The first-order valence-electron chi connectivity index (χ1n) is 14.2. The Bertz CT molecular complexity index is 1920. The molecule has 0 N–H and O–H groups in total. The zero-order valence-electron chi connectivity index (χ0n) is 24.7. The van der Waals surface area contributed by atoms with Gasteiger partial charge in [-0.05, 0) is 78.2 Å². The second kappa shape index (κ2) is 13.6. The Kier molecular flexibility index (Phi) is 9.65. The largest absolute Gasteiger partial charge is 0.496 e. The van der Waals surface area contributed by atoms with Crippen LogP contribution in [0.3, 0.4) is 0 Å². The van der Waals surface area contributed by atoms with Gasteiger partial charge in [-0.25, -0.2) is 14.6 Å². The van der Waals surface area contributed by atoms with Crippen molar-refractivity contribution in [1.29, 1.82) is 0 Å². The maximum atomic E-state index is 13.9. The minimum Gasteiger partial charge on any atom is -0.496 e. The third-order valence-electron chi connectivity index (χ3n) is 7.04. The van der Waals surface area contributed by atoms with Crippen LogP contribution >= 0.6 is 27.3 Å². The first kappa shape index (κ1) is 31.2. The van der Waals surface area contributed by atoms with Crippen molar-refractivity contribution >= 4 is 45.3 Å². The van der Waals surface area contributed by atoms with Crippen molar-refractivity contribution in [2.75, 3.05) is 20.3 Å². The van der Waals surface area contributed by atoms with Crippen LogP contribution < -0.4 is 19.6 Å². The van der Waals surface area contributed by atoms with Crippen LogP contribution in [0, 0.1) is 0 Å². The van der Waals surface area contributed by atoms with Gasteiger partial charge in [-0.15, -0.1) is 0 Å². The molecule has 9 nitrogen and oxygen atoms in total. The average molecular weight is 680 g/mol. The third-order valence-corrected chi connectivity index (χ3v) is 8.65. The third kappa shape index (κ3) is 6.34. The Morgan fingerprint density at radius 2 is 1.84 bits per heavy atom. The number of hydrogen-bond acceptors (Lipinski definition) is 9. The van der Waals surface area contributed by atoms with Crippen molar-refractivity contribution < 1.29 is 28.2 Å². The number of benzene rings is 2. The number of carbonyl (C=O) groups is 2. The lowest BCUT2D eigenvalue weighted by atomic mass is 9.96. The summed E-state index contributed by atoms with van der Waals surface area (Å²) in [5.74, 6) is 0.780. The zero-order chi connectivity index (χ0) is 31.4. The first-order chi connectivity index (χ1) is 21.2. The molecule has 1 atom stereocenters. The number of furan rings is 1. The highest BCUT2D eigenvalue weighted by Crippen LogP contribution is 2.35. The molecule has 0 aliphatic carbocycles. The summed E-state index contributed by atoms with van der Waals surface area (Å²) < 4.78 is 24.7. The number of allylic oxidation sites excluding steroid dienone is 1. The second-order valence-electron chi connectivity index (χ2n) is 9.97. The van der Waals surface area contributed by atoms with E-state index in [1.54, 1.807) is 69.5 Å². The van der Waals surface area contributed by atoms with Gasteiger partial charge in [0.25, 0.3) is 5.56 Å². The number of methoxy groups -OCH3 is 1. The van der Waals surface area contributed by atoms with E-state index in [1.165, 1.54) is 15.9 Å². The van der Waals surface area contributed by atoms with Crippen LogP contribution in [0.2, 0.25) is 0 Å². The number of ether oxygens (including phenoxy) is 3. The summed E-state index contributed by atoms with van der Waals surface area (Å²) in [6.07, 6.45) is 3.44. The van der Waals surface area contributed by atoms with Gasteiger partial charge in [0, 0.05) is 11.6 Å². The quantitative estimate of drug-likeness (QED) is 0.154. The van der Waals surface area contributed by atoms with E-state index in [0.717, 1.165) is 18.4 Å². The SMILES string of the molecule is CCCCOC(=O)c1ccc(-c2ccc(/C=c3\sc4n(c3=O)[C@H](c3ccc(OC)c(Br)c3)C(C(=O)OCC)=C(C)N=4)o2)cc1. The van der Waals surface area contributed by atoms with E-state index in [4.69, 9.17) is 18.6 Å². The van der Waals surface area contributed by atoms with Crippen LogP contribution in [0.15, 0.2) is 84.5 Å². The minimum absolute atomic E-state index is 0.186. The Balaban J connectivity index is 1.50. The number of esters is 2. The van der Waals surface area contributed by atoms with E-state index in [2.05, 4.69) is 20.9 Å². The Hall–Kier alpha value is -4.22. The smallest absolute Gasteiger partial charge is 0.338 e. The van der Waals surface area contributed by atoms with E-state index in [0.29, 0.717) is 60.1 Å². The van der Waals surface area contributed by atoms with Crippen molar-refractivity contribution in [3.8, 4) is 17.1 Å². The van der Waals surface area contributed by atoms with Crippen molar-refractivity contribution in [2.45, 2.75) is 39.7 Å². The zero-order valence-corrected chi connectivity index (χ0v) is 27.1. The van der Waals surface area contributed by atoms with Crippen LogP contribution in [-0.4, -0.2) is 36.8 Å². The Morgan fingerprint density at radius 3 is 2.52 bits per heavy atom. The van der Waals surface area contributed by atoms with Crippen LogP contribution in [0.4, 0.5) is 0 Å². The van der Waals surface area contributed by atoms with E-state index in [9.17, 15) is 14.4 Å². The number of fused-ring (bicyclic) bond motifs is 1. The summed E-state index contributed by atoms with van der Waals surface area (Å²) in [5.41, 5.74) is 2.39. The van der Waals surface area contributed by atoms with Crippen LogP contribution in [0.25, 0.3) is 17.4 Å². The number of carbonyl (C=O) groups excluding carboxylic acids is 2. The molecule has 0 amide bonds. The molecule has 0 unspecified atom stereocenters. The molecule has 1 aliphatic rings. The molecular weight excluding hydrogens is 648 g/mol. The number of aromatic nitrogens is 1. The molecule has 2 aromatic carbocycles. The highest BCUT2D eigenvalue weighted by atomic mass is 79.9. The fraction of sp³-hybridized carbons (Fsp3) is 0.273. The molecule has 0 radical (unpaired) electrons. The summed E-state index contributed by atoms with van der Waals surface area (Å²) in [6.45, 7) is 6.09. The molecule has 44 heavy (non-hydrogen) atoms. The molecule has 4 aromatic rings. The highest BCUT2D eigenvalue weighted by Gasteiger charge is 2.33. The molecule has 3 heterocycles. The predicted molar refractivity (Wildman–Crippen MR) is 170 cm³/mol. The van der Waals surface area contributed by atoms with Gasteiger partial charge in [-0.2, -0.15) is 0 Å². The average Bonchev–Trinajstić information content (AvgIpc) is 3.60. The summed E-state index contributed by atoms with van der Waals surface area (Å²) in [5, 5.41) is 0. The van der Waals surface area contributed by atoms with E-state index < -0.39 is 12.0 Å². The minimum atomic E-state index is -0.756. The Labute approximate surface area is 266 Å². The summed E-state index contributed by atoms with van der Waals surface area (Å²) in [7, 11) is 1.57. The monoisotopic (exact) mass is 678 g/mol. The van der Waals surface area contributed by atoms with Crippen LogP contribution in [0.1, 0.15) is 61.3 Å². The van der Waals surface area contributed by atoms with Gasteiger partial charge in [0.05, 0.1) is 52.2 Å². The molecule has 0 spiro atoms. The number of unbranched alkanes of at least 4 members (excludes halogenated alkanes) is 1. The molecule has 1 aliphatic heterocycles. The van der Waals surface area contributed by atoms with Gasteiger partial charge in [0.1, 0.15) is 17.3 Å². The molecule has 11 heteroatoms. The van der Waals surface area contributed by atoms with Gasteiger partial charge in [0.2, 0.25) is 0 Å². The molecular formula is C33H31BrN2O7S. The van der Waals surface area contributed by atoms with E-state index in [-0.39, 0.29) is 18.1 Å². The predicted octanol–water partition coefficient (Wildman–Crippen LogP) is 5.79. The lowest BCUT2D eigenvalue weighted by Gasteiger charge is -2.25. The van der Waals surface area contributed by atoms with Crippen molar-refractivity contribution in [2.24, 2.45) is 4.99 Å². The summed E-state index contributed by atoms with van der Waals surface area (Å²) >= 11 is 4.73. The maximum absolute atomic E-state index is 13.9. The van der Waals surface area contributed by atoms with Crippen molar-refractivity contribution in [1.82, 2.24) is 4.57 Å². The highest BCUT2D eigenvalue weighted by molar-refractivity contribution is 9.10. The standard InChI is InChI=1S/C33H31BrN2O7S/c1-5-7-16-42-31(38)21-10-8-20(9-11-21)25-15-13-23(43-25)18-27-30(37)36-29(22-12-14-26(40-4)24(34)17-22)28(32(39)41-6-2)19(3)35-33(36)44-27/h8-15,17-18,29H,5-7,16H2,1-4H3/b27-18-/t29-/m1/s1. The molecule has 0 saturated heterocycles. The molecule has 5 rings (SSSR count). The second-order valence-corrected chi connectivity index (χ2v) is 11.8. The van der Waals surface area contributed by atoms with Crippen LogP contribution in [0.5, 0.6) is 5.75 Å². The fourth-order valence-electron chi connectivity index (χ4n) is 4.84. The van der Waals surface area contributed by atoms with E-state index in [1.807, 2.05) is 19.1 Å².